The van der Waals surface area contributed by atoms with Crippen LogP contribution < -0.4 is 4.90 Å². The minimum atomic E-state index is -0.406. The fourth-order valence-electron chi connectivity index (χ4n) is 2.75. The van der Waals surface area contributed by atoms with E-state index in [2.05, 4.69) is 42.7 Å². The van der Waals surface area contributed by atoms with Gasteiger partial charge in [-0.15, -0.1) is 0 Å². The second kappa shape index (κ2) is 5.51. The van der Waals surface area contributed by atoms with Crippen molar-refractivity contribution in [1.29, 1.82) is 0 Å². The van der Waals surface area contributed by atoms with E-state index >= 15 is 0 Å². The number of aliphatic hydroxyl groups is 1. The second-order valence-corrected chi connectivity index (χ2v) is 6.38. The molecule has 0 amide bonds. The predicted octanol–water partition coefficient (Wildman–Crippen LogP) is 2.66. The van der Waals surface area contributed by atoms with Crippen molar-refractivity contribution in [3.05, 3.63) is 29.8 Å². The van der Waals surface area contributed by atoms with E-state index in [-0.39, 0.29) is 5.54 Å². The lowest BCUT2D eigenvalue weighted by Crippen LogP contribution is -2.53. The number of rotatable bonds is 2. The predicted molar refractivity (Wildman–Crippen MR) is 80.6 cm³/mol. The molecule has 1 fully saturated rings. The minimum Gasteiger partial charge on any atom is -0.389 e. The summed E-state index contributed by atoms with van der Waals surface area (Å²) < 4.78 is 0. The molecule has 0 saturated carbocycles. The smallest absolute Gasteiger partial charge is 0.0781 e. The molecule has 106 valence electrons. The molecule has 0 bridgehead atoms. The van der Waals surface area contributed by atoms with Gasteiger partial charge in [-0.05, 0) is 33.8 Å². The summed E-state index contributed by atoms with van der Waals surface area (Å²) in [6.45, 7) is 12.9. The molecule has 1 saturated heterocycles. The molecule has 0 spiro atoms. The largest absolute Gasteiger partial charge is 0.389 e. The summed E-state index contributed by atoms with van der Waals surface area (Å²) in [6, 6.07) is 8.19. The number of piperazine rings is 1. The zero-order chi connectivity index (χ0) is 14.0. The van der Waals surface area contributed by atoms with Crippen molar-refractivity contribution < 1.29 is 5.11 Å². The molecule has 1 aliphatic rings. The molecule has 1 aromatic rings. The molecular formula is C16H26N2O. The first-order valence-corrected chi connectivity index (χ1v) is 7.16. The van der Waals surface area contributed by atoms with Gasteiger partial charge in [-0.2, -0.15) is 0 Å². The van der Waals surface area contributed by atoms with E-state index in [1.54, 1.807) is 0 Å². The van der Waals surface area contributed by atoms with E-state index in [9.17, 15) is 5.11 Å². The quantitative estimate of drug-likeness (QED) is 0.887. The highest BCUT2D eigenvalue weighted by Gasteiger charge is 2.26. The normalized spacial score (nSPS) is 19.5. The van der Waals surface area contributed by atoms with Gasteiger partial charge in [0.25, 0.3) is 0 Å². The molecule has 2 rings (SSSR count). The Bertz CT molecular complexity index is 415. The van der Waals surface area contributed by atoms with E-state index in [4.69, 9.17) is 0 Å². The Kier molecular flexibility index (Phi) is 4.16. The highest BCUT2D eigenvalue weighted by atomic mass is 16.3. The van der Waals surface area contributed by atoms with Crippen molar-refractivity contribution in [3.8, 4) is 0 Å². The summed E-state index contributed by atoms with van der Waals surface area (Å²) in [5.74, 6) is 0. The lowest BCUT2D eigenvalue weighted by Gasteiger charge is -2.43. The number of anilines is 1. The number of nitrogens with zero attached hydrogens (tertiary/aromatic N) is 2. The van der Waals surface area contributed by atoms with E-state index in [0.29, 0.717) is 0 Å². The summed E-state index contributed by atoms with van der Waals surface area (Å²) in [4.78, 5) is 4.92. The highest BCUT2D eigenvalue weighted by molar-refractivity contribution is 5.54. The Morgan fingerprint density at radius 3 is 2.16 bits per heavy atom. The van der Waals surface area contributed by atoms with Crippen LogP contribution in [0.5, 0.6) is 0 Å². The van der Waals surface area contributed by atoms with Crippen molar-refractivity contribution in [2.75, 3.05) is 31.1 Å². The third-order valence-corrected chi connectivity index (χ3v) is 3.96. The maximum atomic E-state index is 9.88. The van der Waals surface area contributed by atoms with Crippen molar-refractivity contribution in [2.45, 2.75) is 39.3 Å². The SMILES string of the molecule is CC(O)c1ccccc1N1CCN(C(C)(C)C)CC1. The van der Waals surface area contributed by atoms with Gasteiger partial charge in [-0.25, -0.2) is 0 Å². The molecule has 1 N–H and O–H groups in total. The van der Waals surface area contributed by atoms with Gasteiger partial charge in [0.15, 0.2) is 0 Å². The van der Waals surface area contributed by atoms with Crippen molar-refractivity contribution >= 4 is 5.69 Å². The number of para-hydroxylation sites is 1. The van der Waals surface area contributed by atoms with Crippen LogP contribution >= 0.6 is 0 Å². The average molecular weight is 262 g/mol. The van der Waals surface area contributed by atoms with Crippen LogP contribution in [-0.4, -0.2) is 41.7 Å². The lowest BCUT2D eigenvalue weighted by atomic mass is 10.0. The molecular weight excluding hydrogens is 236 g/mol. The monoisotopic (exact) mass is 262 g/mol. The first kappa shape index (κ1) is 14.4. The van der Waals surface area contributed by atoms with Gasteiger partial charge < -0.3 is 10.0 Å². The van der Waals surface area contributed by atoms with Gasteiger partial charge in [-0.1, -0.05) is 18.2 Å². The number of aliphatic hydroxyl groups excluding tert-OH is 1. The van der Waals surface area contributed by atoms with Crippen LogP contribution in [0, 0.1) is 0 Å². The maximum absolute atomic E-state index is 9.88. The highest BCUT2D eigenvalue weighted by Crippen LogP contribution is 2.28. The van der Waals surface area contributed by atoms with Crippen molar-refractivity contribution in [2.24, 2.45) is 0 Å². The van der Waals surface area contributed by atoms with E-state index in [1.807, 2.05) is 19.1 Å². The van der Waals surface area contributed by atoms with E-state index < -0.39 is 6.10 Å². The molecule has 19 heavy (non-hydrogen) atoms. The average Bonchev–Trinajstić information content (AvgIpc) is 2.38. The third-order valence-electron chi connectivity index (χ3n) is 3.96. The maximum Gasteiger partial charge on any atom is 0.0781 e. The van der Waals surface area contributed by atoms with E-state index in [0.717, 1.165) is 31.7 Å². The van der Waals surface area contributed by atoms with Crippen LogP contribution in [0.1, 0.15) is 39.4 Å². The Morgan fingerprint density at radius 2 is 1.63 bits per heavy atom. The van der Waals surface area contributed by atoms with Gasteiger partial charge in [0.05, 0.1) is 6.10 Å². The first-order chi connectivity index (χ1) is 8.89. The van der Waals surface area contributed by atoms with Crippen LogP contribution in [0.25, 0.3) is 0 Å². The minimum absolute atomic E-state index is 0.246. The molecule has 3 nitrogen and oxygen atoms in total. The topological polar surface area (TPSA) is 26.7 Å². The summed E-state index contributed by atoms with van der Waals surface area (Å²) in [6.07, 6.45) is -0.406. The summed E-state index contributed by atoms with van der Waals surface area (Å²) in [5, 5.41) is 9.88. The molecule has 0 radical (unpaired) electrons. The van der Waals surface area contributed by atoms with E-state index in [1.165, 1.54) is 5.69 Å². The van der Waals surface area contributed by atoms with Gasteiger partial charge in [0.1, 0.15) is 0 Å². The second-order valence-electron chi connectivity index (χ2n) is 6.38. The lowest BCUT2D eigenvalue weighted by molar-refractivity contribution is 0.128. The first-order valence-electron chi connectivity index (χ1n) is 7.16. The Morgan fingerprint density at radius 1 is 1.05 bits per heavy atom. The molecule has 3 heteroatoms. The molecule has 0 aromatic heterocycles. The standard InChI is InChI=1S/C16H26N2O/c1-13(19)14-7-5-6-8-15(14)17-9-11-18(12-10-17)16(2,3)4/h5-8,13,19H,9-12H2,1-4H3. The number of hydrogen-bond acceptors (Lipinski definition) is 3. The van der Waals surface area contributed by atoms with Gasteiger partial charge in [0, 0.05) is 43.0 Å². The molecule has 1 unspecified atom stereocenters. The molecule has 1 aromatic carbocycles. The van der Waals surface area contributed by atoms with Crippen LogP contribution in [0.3, 0.4) is 0 Å². The molecule has 1 heterocycles. The number of benzene rings is 1. The summed E-state index contributed by atoms with van der Waals surface area (Å²) in [7, 11) is 0. The van der Waals surface area contributed by atoms with Gasteiger partial charge in [0.2, 0.25) is 0 Å². The van der Waals surface area contributed by atoms with Crippen molar-refractivity contribution in [3.63, 3.8) is 0 Å². The fraction of sp³-hybridized carbons (Fsp3) is 0.625. The van der Waals surface area contributed by atoms with Crippen LogP contribution in [0.4, 0.5) is 5.69 Å². The summed E-state index contributed by atoms with van der Waals surface area (Å²) in [5.41, 5.74) is 2.47. The molecule has 1 aliphatic heterocycles. The third kappa shape index (κ3) is 3.28. The zero-order valence-electron chi connectivity index (χ0n) is 12.6. The van der Waals surface area contributed by atoms with Gasteiger partial charge in [-0.3, -0.25) is 4.90 Å². The Labute approximate surface area is 116 Å². The fourth-order valence-corrected chi connectivity index (χ4v) is 2.75. The van der Waals surface area contributed by atoms with Crippen molar-refractivity contribution in [1.82, 2.24) is 4.90 Å². The zero-order valence-corrected chi connectivity index (χ0v) is 12.6. The van der Waals surface area contributed by atoms with Crippen LogP contribution in [0.2, 0.25) is 0 Å². The molecule has 0 aliphatic carbocycles. The number of hydrogen-bond donors (Lipinski definition) is 1. The molecule has 1 atom stereocenters. The van der Waals surface area contributed by atoms with Gasteiger partial charge >= 0.3 is 0 Å². The Balaban J connectivity index is 2.10. The summed E-state index contributed by atoms with van der Waals surface area (Å²) >= 11 is 0. The van der Waals surface area contributed by atoms with Crippen LogP contribution in [0.15, 0.2) is 24.3 Å². The van der Waals surface area contributed by atoms with Crippen LogP contribution in [-0.2, 0) is 0 Å². The Hall–Kier alpha value is -1.06.